The van der Waals surface area contributed by atoms with E-state index in [1.807, 2.05) is 0 Å². The van der Waals surface area contributed by atoms with Crippen LogP contribution in [0.1, 0.15) is 44.2 Å². The number of hydrogen-bond donors (Lipinski definition) is 0. The van der Waals surface area contributed by atoms with E-state index >= 15 is 0 Å². The SMILES string of the molecule is C[C@H]1[C@H]2C[C@H](C[C@H]1OC(=O)c1ccc(S(C)(=O)=O)o1)C2(C)C. The summed E-state index contributed by atoms with van der Waals surface area (Å²) in [6, 6.07) is 2.65. The average Bonchev–Trinajstić information content (AvgIpc) is 2.90. The molecule has 3 saturated carbocycles. The molecular weight excluding hydrogens is 304 g/mol. The molecule has 0 radical (unpaired) electrons. The van der Waals surface area contributed by atoms with Gasteiger partial charge in [0.2, 0.25) is 20.7 Å². The number of fused-ring (bicyclic) bond motifs is 2. The molecule has 4 atom stereocenters. The second-order valence-electron chi connectivity index (χ2n) is 7.29. The molecule has 1 heterocycles. The molecule has 0 unspecified atom stereocenters. The zero-order valence-electron chi connectivity index (χ0n) is 13.3. The summed E-state index contributed by atoms with van der Waals surface area (Å²) in [6.45, 7) is 6.69. The molecule has 2 bridgehead atoms. The second-order valence-corrected chi connectivity index (χ2v) is 9.24. The number of esters is 1. The highest BCUT2D eigenvalue weighted by atomic mass is 32.2. The summed E-state index contributed by atoms with van der Waals surface area (Å²) < 4.78 is 33.5. The van der Waals surface area contributed by atoms with Gasteiger partial charge in [0.1, 0.15) is 6.10 Å². The van der Waals surface area contributed by atoms with Gasteiger partial charge >= 0.3 is 5.97 Å². The van der Waals surface area contributed by atoms with Gasteiger partial charge in [-0.25, -0.2) is 13.2 Å². The summed E-state index contributed by atoms with van der Waals surface area (Å²) in [5.74, 6) is 0.854. The molecule has 3 aliphatic rings. The Bertz CT molecular complexity index is 700. The van der Waals surface area contributed by atoms with Crippen LogP contribution in [0.25, 0.3) is 0 Å². The quantitative estimate of drug-likeness (QED) is 0.799. The Morgan fingerprint density at radius 3 is 2.50 bits per heavy atom. The number of hydrogen-bond acceptors (Lipinski definition) is 5. The van der Waals surface area contributed by atoms with Gasteiger partial charge in [0.15, 0.2) is 0 Å². The lowest BCUT2D eigenvalue weighted by atomic mass is 9.45. The summed E-state index contributed by atoms with van der Waals surface area (Å²) in [7, 11) is -3.45. The fraction of sp³-hybridized carbons (Fsp3) is 0.688. The minimum atomic E-state index is -3.45. The Kier molecular flexibility index (Phi) is 3.43. The number of sulfone groups is 1. The van der Waals surface area contributed by atoms with E-state index in [0.717, 1.165) is 12.7 Å². The summed E-state index contributed by atoms with van der Waals surface area (Å²) in [6.07, 6.45) is 3.01. The van der Waals surface area contributed by atoms with Crippen LogP contribution >= 0.6 is 0 Å². The Morgan fingerprint density at radius 1 is 1.32 bits per heavy atom. The summed E-state index contributed by atoms with van der Waals surface area (Å²) >= 11 is 0. The molecule has 5 nitrogen and oxygen atoms in total. The van der Waals surface area contributed by atoms with Crippen LogP contribution in [0.4, 0.5) is 0 Å². The van der Waals surface area contributed by atoms with Crippen molar-refractivity contribution in [2.24, 2.45) is 23.2 Å². The third kappa shape index (κ3) is 2.37. The molecule has 0 aliphatic heterocycles. The van der Waals surface area contributed by atoms with Crippen LogP contribution in [0, 0.1) is 23.2 Å². The Balaban J connectivity index is 1.69. The van der Waals surface area contributed by atoms with Crippen LogP contribution in [-0.2, 0) is 14.6 Å². The van der Waals surface area contributed by atoms with Crippen molar-refractivity contribution in [1.29, 1.82) is 0 Å². The lowest BCUT2D eigenvalue weighted by Crippen LogP contribution is -2.57. The molecule has 1 aromatic rings. The lowest BCUT2D eigenvalue weighted by Gasteiger charge is -2.61. The average molecular weight is 326 g/mol. The minimum absolute atomic E-state index is 0.0499. The van der Waals surface area contributed by atoms with Gasteiger partial charge < -0.3 is 9.15 Å². The molecule has 0 saturated heterocycles. The zero-order chi connectivity index (χ0) is 16.3. The zero-order valence-corrected chi connectivity index (χ0v) is 14.1. The minimum Gasteiger partial charge on any atom is -0.456 e. The third-order valence-electron chi connectivity index (χ3n) is 5.69. The normalized spacial score (nSPS) is 33.1. The van der Waals surface area contributed by atoms with Crippen LogP contribution in [-0.4, -0.2) is 26.7 Å². The molecule has 122 valence electrons. The highest BCUT2D eigenvalue weighted by Gasteiger charge is 2.57. The maximum absolute atomic E-state index is 12.2. The molecular formula is C16H22O5S. The van der Waals surface area contributed by atoms with Gasteiger partial charge in [-0.15, -0.1) is 0 Å². The molecule has 0 aromatic carbocycles. The van der Waals surface area contributed by atoms with Crippen molar-refractivity contribution in [1.82, 2.24) is 0 Å². The summed E-state index contributed by atoms with van der Waals surface area (Å²) in [4.78, 5) is 12.2. The molecule has 6 heteroatoms. The first kappa shape index (κ1) is 15.6. The summed E-state index contributed by atoms with van der Waals surface area (Å²) in [5.41, 5.74) is 0.330. The molecule has 22 heavy (non-hydrogen) atoms. The Hall–Kier alpha value is -1.30. The predicted octanol–water partition coefficient (Wildman–Crippen LogP) is 2.91. The number of furan rings is 1. The maximum Gasteiger partial charge on any atom is 0.374 e. The van der Waals surface area contributed by atoms with Crippen LogP contribution in [0.5, 0.6) is 0 Å². The van der Waals surface area contributed by atoms with Crippen LogP contribution < -0.4 is 0 Å². The first-order chi connectivity index (χ1) is 10.1. The molecule has 1 aromatic heterocycles. The van der Waals surface area contributed by atoms with Gasteiger partial charge in [-0.05, 0) is 48.1 Å². The molecule has 0 spiro atoms. The summed E-state index contributed by atoms with van der Waals surface area (Å²) in [5, 5.41) is -0.208. The smallest absolute Gasteiger partial charge is 0.374 e. The van der Waals surface area contributed by atoms with Crippen molar-refractivity contribution in [2.75, 3.05) is 6.26 Å². The van der Waals surface area contributed by atoms with Gasteiger partial charge in [-0.2, -0.15) is 0 Å². The molecule has 3 aliphatic carbocycles. The van der Waals surface area contributed by atoms with E-state index in [9.17, 15) is 13.2 Å². The van der Waals surface area contributed by atoms with Gasteiger partial charge in [-0.3, -0.25) is 0 Å². The van der Waals surface area contributed by atoms with Crippen molar-refractivity contribution < 1.29 is 22.4 Å². The van der Waals surface area contributed by atoms with E-state index < -0.39 is 15.8 Å². The van der Waals surface area contributed by atoms with Crippen molar-refractivity contribution in [3.8, 4) is 0 Å². The van der Waals surface area contributed by atoms with E-state index in [1.165, 1.54) is 18.6 Å². The first-order valence-electron chi connectivity index (χ1n) is 7.61. The fourth-order valence-electron chi connectivity index (χ4n) is 4.08. The van der Waals surface area contributed by atoms with Crippen molar-refractivity contribution in [3.63, 3.8) is 0 Å². The lowest BCUT2D eigenvalue weighted by molar-refractivity contribution is -0.157. The van der Waals surface area contributed by atoms with E-state index in [1.54, 1.807) is 0 Å². The molecule has 0 N–H and O–H groups in total. The van der Waals surface area contributed by atoms with Gasteiger partial charge in [0, 0.05) is 6.26 Å². The van der Waals surface area contributed by atoms with Gasteiger partial charge in [0.05, 0.1) is 0 Å². The van der Waals surface area contributed by atoms with Crippen LogP contribution in [0.3, 0.4) is 0 Å². The van der Waals surface area contributed by atoms with Crippen molar-refractivity contribution in [2.45, 2.75) is 44.8 Å². The number of carbonyl (C=O) groups excluding carboxylic acids is 1. The Morgan fingerprint density at radius 2 is 2.00 bits per heavy atom. The topological polar surface area (TPSA) is 73.6 Å². The van der Waals surface area contributed by atoms with E-state index in [2.05, 4.69) is 20.8 Å². The molecule has 3 fully saturated rings. The standard InChI is InChI=1S/C16H22O5S/c1-9-11-7-10(16(11,2)3)8-13(9)21-15(17)12-5-6-14(20-12)22(4,18)19/h5-6,9-11,13H,7-8H2,1-4H3/t9-,10+,11+,13+/m0/s1. The highest BCUT2D eigenvalue weighted by molar-refractivity contribution is 7.90. The highest BCUT2D eigenvalue weighted by Crippen LogP contribution is 2.61. The van der Waals surface area contributed by atoms with E-state index in [0.29, 0.717) is 23.2 Å². The van der Waals surface area contributed by atoms with E-state index in [-0.39, 0.29) is 17.0 Å². The Labute approximate surface area is 130 Å². The number of rotatable bonds is 3. The monoisotopic (exact) mass is 326 g/mol. The fourth-order valence-corrected chi connectivity index (χ4v) is 4.64. The van der Waals surface area contributed by atoms with Crippen LogP contribution in [0.2, 0.25) is 0 Å². The molecule has 0 amide bonds. The number of carbonyl (C=O) groups is 1. The third-order valence-corrected chi connectivity index (χ3v) is 6.64. The van der Waals surface area contributed by atoms with Crippen molar-refractivity contribution in [3.05, 3.63) is 17.9 Å². The first-order valence-corrected chi connectivity index (χ1v) is 9.50. The van der Waals surface area contributed by atoms with Gasteiger partial charge in [0.25, 0.3) is 0 Å². The predicted molar refractivity (Wildman–Crippen MR) is 80.2 cm³/mol. The van der Waals surface area contributed by atoms with Crippen LogP contribution in [0.15, 0.2) is 21.6 Å². The number of ether oxygens (including phenoxy) is 1. The largest absolute Gasteiger partial charge is 0.456 e. The van der Waals surface area contributed by atoms with Crippen molar-refractivity contribution >= 4 is 15.8 Å². The second kappa shape index (κ2) is 4.85. The van der Waals surface area contributed by atoms with E-state index in [4.69, 9.17) is 9.15 Å². The molecule has 4 rings (SSSR count). The van der Waals surface area contributed by atoms with Gasteiger partial charge in [-0.1, -0.05) is 20.8 Å². The maximum atomic E-state index is 12.2.